The Hall–Kier alpha value is -1.20. The zero-order chi connectivity index (χ0) is 13.5. The molecule has 100 valence electrons. The van der Waals surface area contributed by atoms with Gasteiger partial charge in [-0.05, 0) is 12.0 Å². The molecule has 18 heavy (non-hydrogen) atoms. The third-order valence-corrected chi connectivity index (χ3v) is 2.24. The average Bonchev–Trinajstić information content (AvgIpc) is 2.31. The second-order valence-corrected chi connectivity index (χ2v) is 4.45. The molecule has 0 unspecified atom stereocenters. The Morgan fingerprint density at radius 1 is 1.50 bits per heavy atom. The topological polar surface area (TPSA) is 48.4 Å². The van der Waals surface area contributed by atoms with Gasteiger partial charge < -0.3 is 9.47 Å². The second-order valence-electron chi connectivity index (χ2n) is 4.10. The van der Waals surface area contributed by atoms with Crippen molar-refractivity contribution in [2.45, 2.75) is 13.8 Å². The van der Waals surface area contributed by atoms with Gasteiger partial charge in [0.05, 0.1) is 18.4 Å². The Labute approximate surface area is 110 Å². The van der Waals surface area contributed by atoms with E-state index in [1.54, 1.807) is 0 Å². The van der Waals surface area contributed by atoms with Crippen molar-refractivity contribution < 1.29 is 18.7 Å². The van der Waals surface area contributed by atoms with Gasteiger partial charge in [0, 0.05) is 6.61 Å². The van der Waals surface area contributed by atoms with E-state index in [1.165, 1.54) is 0 Å². The molecule has 1 heterocycles. The van der Waals surface area contributed by atoms with E-state index < -0.39 is 11.8 Å². The lowest BCUT2D eigenvalue weighted by Gasteiger charge is -2.08. The standard InChI is InChI=1S/C12H15ClFNO3/c1-8(2)7-17-3-4-18-12(16)10-5-9(14)6-15-11(10)13/h5-6,8H,3-4,7H2,1-2H3. The van der Waals surface area contributed by atoms with E-state index in [-0.39, 0.29) is 17.3 Å². The van der Waals surface area contributed by atoms with Gasteiger partial charge >= 0.3 is 5.97 Å². The van der Waals surface area contributed by atoms with Gasteiger partial charge in [-0.15, -0.1) is 0 Å². The first kappa shape index (κ1) is 14.9. The number of esters is 1. The van der Waals surface area contributed by atoms with Crippen LogP contribution in [-0.4, -0.2) is 30.8 Å². The second kappa shape index (κ2) is 7.28. The van der Waals surface area contributed by atoms with Gasteiger partial charge in [0.2, 0.25) is 0 Å². The van der Waals surface area contributed by atoms with Crippen molar-refractivity contribution in [1.29, 1.82) is 0 Å². The minimum Gasteiger partial charge on any atom is -0.460 e. The Morgan fingerprint density at radius 2 is 2.22 bits per heavy atom. The van der Waals surface area contributed by atoms with Crippen molar-refractivity contribution in [3.8, 4) is 0 Å². The monoisotopic (exact) mass is 275 g/mol. The fraction of sp³-hybridized carbons (Fsp3) is 0.500. The summed E-state index contributed by atoms with van der Waals surface area (Å²) in [6.45, 7) is 5.02. The van der Waals surface area contributed by atoms with Gasteiger partial charge in [-0.2, -0.15) is 0 Å². The molecule has 0 aromatic carbocycles. The highest BCUT2D eigenvalue weighted by Crippen LogP contribution is 2.14. The largest absolute Gasteiger partial charge is 0.460 e. The molecule has 0 saturated carbocycles. The van der Waals surface area contributed by atoms with Crippen molar-refractivity contribution in [1.82, 2.24) is 4.98 Å². The summed E-state index contributed by atoms with van der Waals surface area (Å²) in [5, 5.41) is -0.0792. The van der Waals surface area contributed by atoms with Gasteiger partial charge in [0.1, 0.15) is 17.6 Å². The van der Waals surface area contributed by atoms with Gasteiger partial charge in [-0.3, -0.25) is 0 Å². The molecule has 1 aromatic heterocycles. The van der Waals surface area contributed by atoms with Crippen LogP contribution < -0.4 is 0 Å². The number of pyridine rings is 1. The van der Waals surface area contributed by atoms with Gasteiger partial charge in [-0.25, -0.2) is 14.2 Å². The Bertz CT molecular complexity index is 412. The molecule has 1 aromatic rings. The van der Waals surface area contributed by atoms with Crippen molar-refractivity contribution in [2.24, 2.45) is 5.92 Å². The van der Waals surface area contributed by atoms with E-state index in [0.29, 0.717) is 19.1 Å². The normalized spacial score (nSPS) is 10.7. The lowest BCUT2D eigenvalue weighted by atomic mass is 10.2. The molecule has 0 aliphatic rings. The van der Waals surface area contributed by atoms with Crippen LogP contribution in [0.2, 0.25) is 5.15 Å². The summed E-state index contributed by atoms with van der Waals surface area (Å²) in [7, 11) is 0. The van der Waals surface area contributed by atoms with E-state index >= 15 is 0 Å². The lowest BCUT2D eigenvalue weighted by Crippen LogP contribution is -2.13. The summed E-state index contributed by atoms with van der Waals surface area (Å²) in [6.07, 6.45) is 0.935. The van der Waals surface area contributed by atoms with E-state index in [4.69, 9.17) is 21.1 Å². The first-order valence-corrected chi connectivity index (χ1v) is 5.94. The third kappa shape index (κ3) is 4.98. The van der Waals surface area contributed by atoms with E-state index in [1.807, 2.05) is 13.8 Å². The molecule has 0 N–H and O–H groups in total. The van der Waals surface area contributed by atoms with Crippen molar-refractivity contribution in [3.63, 3.8) is 0 Å². The van der Waals surface area contributed by atoms with Crippen LogP contribution in [0.15, 0.2) is 12.3 Å². The molecule has 0 saturated heterocycles. The molecule has 0 fully saturated rings. The van der Waals surface area contributed by atoms with Crippen LogP contribution in [0.1, 0.15) is 24.2 Å². The Balaban J connectivity index is 2.39. The van der Waals surface area contributed by atoms with Crippen LogP contribution in [0.5, 0.6) is 0 Å². The Kier molecular flexibility index (Phi) is 6.01. The van der Waals surface area contributed by atoms with Crippen LogP contribution in [-0.2, 0) is 9.47 Å². The molecule has 6 heteroatoms. The number of rotatable bonds is 6. The number of nitrogens with zero attached hydrogens (tertiary/aromatic N) is 1. The molecular weight excluding hydrogens is 261 g/mol. The highest BCUT2D eigenvalue weighted by Gasteiger charge is 2.14. The fourth-order valence-electron chi connectivity index (χ4n) is 1.16. The average molecular weight is 276 g/mol. The molecule has 0 aliphatic carbocycles. The van der Waals surface area contributed by atoms with E-state index in [9.17, 15) is 9.18 Å². The van der Waals surface area contributed by atoms with E-state index in [0.717, 1.165) is 12.3 Å². The molecule has 1 rings (SSSR count). The number of ether oxygens (including phenoxy) is 2. The predicted molar refractivity (Wildman–Crippen MR) is 65.1 cm³/mol. The number of halogens is 2. The summed E-state index contributed by atoms with van der Waals surface area (Å²) in [5.41, 5.74) is -0.0828. The fourth-order valence-corrected chi connectivity index (χ4v) is 1.34. The minimum absolute atomic E-state index is 0.0792. The third-order valence-electron chi connectivity index (χ3n) is 1.94. The molecule has 4 nitrogen and oxygen atoms in total. The number of carbonyl (C=O) groups excluding carboxylic acids is 1. The van der Waals surface area contributed by atoms with Crippen molar-refractivity contribution >= 4 is 17.6 Å². The maximum atomic E-state index is 12.9. The van der Waals surface area contributed by atoms with Crippen LogP contribution >= 0.6 is 11.6 Å². The molecular formula is C12H15ClFNO3. The lowest BCUT2D eigenvalue weighted by molar-refractivity contribution is 0.0277. The smallest absolute Gasteiger partial charge is 0.341 e. The summed E-state index contributed by atoms with van der Waals surface area (Å²) in [5.74, 6) is -0.926. The number of carbonyl (C=O) groups is 1. The van der Waals surface area contributed by atoms with Crippen LogP contribution in [0.25, 0.3) is 0 Å². The quantitative estimate of drug-likeness (QED) is 0.455. The summed E-state index contributed by atoms with van der Waals surface area (Å²) in [4.78, 5) is 15.1. The van der Waals surface area contributed by atoms with Gasteiger partial charge in [0.15, 0.2) is 0 Å². The first-order chi connectivity index (χ1) is 8.50. The number of hydrogen-bond acceptors (Lipinski definition) is 4. The van der Waals surface area contributed by atoms with Gasteiger partial charge in [-0.1, -0.05) is 25.4 Å². The summed E-state index contributed by atoms with van der Waals surface area (Å²) in [6, 6.07) is 0.993. The predicted octanol–water partition coefficient (Wildman–Crippen LogP) is 2.70. The first-order valence-electron chi connectivity index (χ1n) is 5.56. The molecule has 0 atom stereocenters. The molecule has 0 aliphatic heterocycles. The van der Waals surface area contributed by atoms with Crippen LogP contribution in [0.3, 0.4) is 0 Å². The highest BCUT2D eigenvalue weighted by molar-refractivity contribution is 6.32. The molecule has 0 amide bonds. The molecule has 0 spiro atoms. The van der Waals surface area contributed by atoms with Crippen LogP contribution in [0.4, 0.5) is 4.39 Å². The van der Waals surface area contributed by atoms with E-state index in [2.05, 4.69) is 4.98 Å². The van der Waals surface area contributed by atoms with Crippen molar-refractivity contribution in [3.05, 3.63) is 28.8 Å². The van der Waals surface area contributed by atoms with Crippen LogP contribution in [0, 0.1) is 11.7 Å². The van der Waals surface area contributed by atoms with Gasteiger partial charge in [0.25, 0.3) is 0 Å². The number of aromatic nitrogens is 1. The summed E-state index contributed by atoms with van der Waals surface area (Å²) >= 11 is 5.66. The zero-order valence-electron chi connectivity index (χ0n) is 10.3. The maximum Gasteiger partial charge on any atom is 0.341 e. The maximum absolute atomic E-state index is 12.9. The van der Waals surface area contributed by atoms with Crippen molar-refractivity contribution in [2.75, 3.05) is 19.8 Å². The number of hydrogen-bond donors (Lipinski definition) is 0. The zero-order valence-corrected chi connectivity index (χ0v) is 11.0. The highest BCUT2D eigenvalue weighted by atomic mass is 35.5. The molecule has 0 radical (unpaired) electrons. The molecule has 0 bridgehead atoms. The minimum atomic E-state index is -0.708. The Morgan fingerprint density at radius 3 is 2.89 bits per heavy atom. The SMILES string of the molecule is CC(C)COCCOC(=O)c1cc(F)cnc1Cl. The summed E-state index contributed by atoms with van der Waals surface area (Å²) < 4.78 is 23.0.